The van der Waals surface area contributed by atoms with Crippen molar-refractivity contribution >= 4 is 16.7 Å². The van der Waals surface area contributed by atoms with Crippen LogP contribution in [0.1, 0.15) is 18.1 Å². The first-order chi connectivity index (χ1) is 9.22. The highest BCUT2D eigenvalue weighted by Crippen LogP contribution is 2.36. The molecule has 0 saturated carbocycles. The van der Waals surface area contributed by atoms with Crippen LogP contribution in [0.25, 0.3) is 4.91 Å². The topological polar surface area (TPSA) is 20.2 Å². The summed E-state index contributed by atoms with van der Waals surface area (Å²) in [6, 6.07) is 8.72. The molecule has 0 atom stereocenters. The molecule has 0 bridgehead atoms. The average molecular weight is 270 g/mol. The third-order valence-corrected chi connectivity index (χ3v) is 4.18. The number of allylic oxidation sites excluding steroid dienone is 4. The minimum atomic E-state index is 0.201. The summed E-state index contributed by atoms with van der Waals surface area (Å²) in [5.74, 6) is 1.15. The molecule has 1 nitrogen and oxygen atoms in total. The van der Waals surface area contributed by atoms with Crippen molar-refractivity contribution in [1.29, 1.82) is 0 Å². The molecule has 1 heterocycles. The third kappa shape index (κ3) is 3.65. The molecule has 0 fully saturated rings. The molecule has 0 aliphatic carbocycles. The smallest absolute Gasteiger partial charge is 0.114 e. The Kier molecular flexibility index (Phi) is 4.69. The predicted molar refractivity (Wildman–Crippen MR) is 85.2 cm³/mol. The molecule has 1 N–H and O–H groups in total. The molecule has 0 radical (unpaired) electrons. The maximum Gasteiger partial charge on any atom is 0.114 e. The Hall–Kier alpha value is -1.67. The van der Waals surface area contributed by atoms with Crippen LogP contribution < -0.4 is 0 Å². The molecule has 19 heavy (non-hydrogen) atoms. The third-order valence-electron chi connectivity index (χ3n) is 3.03. The van der Waals surface area contributed by atoms with E-state index in [1.807, 2.05) is 17.8 Å². The molecule has 2 rings (SSSR count). The molecule has 0 spiro atoms. The Bertz CT molecular complexity index is 547. The standard InChI is InChI=1S/C17H18OS/c1-3-13-5-8-15(9-6-13)17-11-14(12-19-17)7-10-16(18)4-2/h4-11,18H,2-3,12H2,1H3/b14-7-,16-10+. The van der Waals surface area contributed by atoms with Gasteiger partial charge >= 0.3 is 0 Å². The molecule has 1 aliphatic rings. The van der Waals surface area contributed by atoms with Crippen LogP contribution in [0, 0.1) is 0 Å². The van der Waals surface area contributed by atoms with Crippen molar-refractivity contribution in [2.24, 2.45) is 0 Å². The minimum absolute atomic E-state index is 0.201. The van der Waals surface area contributed by atoms with Gasteiger partial charge in [0.05, 0.1) is 0 Å². The van der Waals surface area contributed by atoms with Gasteiger partial charge in [-0.15, -0.1) is 11.8 Å². The zero-order valence-electron chi connectivity index (χ0n) is 11.1. The van der Waals surface area contributed by atoms with E-state index in [2.05, 4.69) is 43.8 Å². The van der Waals surface area contributed by atoms with E-state index in [0.29, 0.717) is 0 Å². The van der Waals surface area contributed by atoms with Gasteiger partial charge in [-0.05, 0) is 41.3 Å². The van der Waals surface area contributed by atoms with Crippen LogP contribution in [0.15, 0.2) is 66.5 Å². The summed E-state index contributed by atoms with van der Waals surface area (Å²) in [6.07, 6.45) is 8.31. The highest BCUT2D eigenvalue weighted by Gasteiger charge is 2.11. The quantitative estimate of drug-likeness (QED) is 0.621. The van der Waals surface area contributed by atoms with Gasteiger partial charge < -0.3 is 5.11 Å². The van der Waals surface area contributed by atoms with E-state index in [4.69, 9.17) is 0 Å². The second kappa shape index (κ2) is 6.48. The molecular formula is C17H18OS. The number of benzene rings is 1. The van der Waals surface area contributed by atoms with Crippen LogP contribution in [0.4, 0.5) is 0 Å². The Balaban J connectivity index is 2.16. The molecule has 0 unspecified atom stereocenters. The Morgan fingerprint density at radius 2 is 2.11 bits per heavy atom. The Labute approximate surface area is 119 Å². The Morgan fingerprint density at radius 1 is 1.37 bits per heavy atom. The number of aryl methyl sites for hydroxylation is 1. The normalized spacial score (nSPS) is 17.6. The summed E-state index contributed by atoms with van der Waals surface area (Å²) in [4.78, 5) is 1.29. The number of thioether (sulfide) groups is 1. The van der Waals surface area contributed by atoms with Crippen molar-refractivity contribution in [1.82, 2.24) is 0 Å². The largest absolute Gasteiger partial charge is 0.508 e. The van der Waals surface area contributed by atoms with Gasteiger partial charge in [0.15, 0.2) is 0 Å². The van der Waals surface area contributed by atoms with Crippen molar-refractivity contribution in [3.05, 3.63) is 77.6 Å². The molecule has 0 amide bonds. The molecule has 1 aliphatic heterocycles. The van der Waals surface area contributed by atoms with E-state index >= 15 is 0 Å². The van der Waals surface area contributed by atoms with Crippen LogP contribution in [0.3, 0.4) is 0 Å². The lowest BCUT2D eigenvalue weighted by molar-refractivity contribution is 0.433. The summed E-state index contributed by atoms with van der Waals surface area (Å²) < 4.78 is 0. The first-order valence-electron chi connectivity index (χ1n) is 6.39. The van der Waals surface area contributed by atoms with Gasteiger partial charge in [0.1, 0.15) is 5.76 Å². The lowest BCUT2D eigenvalue weighted by atomic mass is 10.1. The number of aliphatic hydroxyl groups excluding tert-OH is 1. The summed E-state index contributed by atoms with van der Waals surface area (Å²) in [6.45, 7) is 5.68. The first kappa shape index (κ1) is 13.8. The fraction of sp³-hybridized carbons (Fsp3) is 0.176. The minimum Gasteiger partial charge on any atom is -0.508 e. The van der Waals surface area contributed by atoms with Crippen molar-refractivity contribution in [2.75, 3.05) is 5.75 Å². The molecular weight excluding hydrogens is 252 g/mol. The van der Waals surface area contributed by atoms with E-state index < -0.39 is 0 Å². The summed E-state index contributed by atoms with van der Waals surface area (Å²) >= 11 is 1.83. The SMILES string of the molecule is C=C/C(O)=C\C=C1\C=C(c2ccc(CC)cc2)SC1. The molecule has 1 aromatic rings. The van der Waals surface area contributed by atoms with Crippen LogP contribution in [0.2, 0.25) is 0 Å². The van der Waals surface area contributed by atoms with Crippen LogP contribution in [-0.4, -0.2) is 10.9 Å². The van der Waals surface area contributed by atoms with Crippen LogP contribution in [0.5, 0.6) is 0 Å². The zero-order valence-corrected chi connectivity index (χ0v) is 11.9. The maximum absolute atomic E-state index is 9.33. The van der Waals surface area contributed by atoms with E-state index in [9.17, 15) is 5.11 Å². The van der Waals surface area contributed by atoms with Crippen molar-refractivity contribution < 1.29 is 5.11 Å². The molecule has 98 valence electrons. The van der Waals surface area contributed by atoms with Crippen LogP contribution >= 0.6 is 11.8 Å². The van der Waals surface area contributed by atoms with Gasteiger partial charge in [-0.3, -0.25) is 0 Å². The lowest BCUT2D eigenvalue weighted by Crippen LogP contribution is -1.81. The second-order valence-corrected chi connectivity index (χ2v) is 5.40. The predicted octanol–water partition coefficient (Wildman–Crippen LogP) is 4.89. The fourth-order valence-corrected chi connectivity index (χ4v) is 2.88. The molecule has 0 saturated heterocycles. The number of rotatable bonds is 4. The first-order valence-corrected chi connectivity index (χ1v) is 7.37. The van der Waals surface area contributed by atoms with Crippen LogP contribution in [-0.2, 0) is 6.42 Å². The highest BCUT2D eigenvalue weighted by atomic mass is 32.2. The van der Waals surface area contributed by atoms with Gasteiger partial charge in [-0.1, -0.05) is 43.8 Å². The number of hydrogen-bond acceptors (Lipinski definition) is 2. The number of hydrogen-bond donors (Lipinski definition) is 1. The molecule has 0 aromatic heterocycles. The fourth-order valence-electron chi connectivity index (χ4n) is 1.84. The van der Waals surface area contributed by atoms with Gasteiger partial charge in [-0.25, -0.2) is 0 Å². The van der Waals surface area contributed by atoms with Gasteiger partial charge in [-0.2, -0.15) is 0 Å². The van der Waals surface area contributed by atoms with E-state index in [1.54, 1.807) is 6.08 Å². The van der Waals surface area contributed by atoms with Crippen molar-refractivity contribution in [2.45, 2.75) is 13.3 Å². The lowest BCUT2D eigenvalue weighted by Gasteiger charge is -2.02. The number of aliphatic hydroxyl groups is 1. The monoisotopic (exact) mass is 270 g/mol. The Morgan fingerprint density at radius 3 is 2.74 bits per heavy atom. The zero-order chi connectivity index (χ0) is 13.7. The summed E-state index contributed by atoms with van der Waals surface area (Å²) in [5, 5.41) is 9.33. The van der Waals surface area contributed by atoms with Crippen molar-refractivity contribution in [3.63, 3.8) is 0 Å². The second-order valence-electron chi connectivity index (χ2n) is 4.38. The summed E-state index contributed by atoms with van der Waals surface area (Å²) in [7, 11) is 0. The van der Waals surface area contributed by atoms with Gasteiger partial charge in [0, 0.05) is 10.7 Å². The maximum atomic E-state index is 9.33. The molecule has 1 aromatic carbocycles. The average Bonchev–Trinajstić information content (AvgIpc) is 2.93. The summed E-state index contributed by atoms with van der Waals surface area (Å²) in [5.41, 5.74) is 3.84. The highest BCUT2D eigenvalue weighted by molar-refractivity contribution is 8.08. The van der Waals surface area contributed by atoms with Crippen molar-refractivity contribution in [3.8, 4) is 0 Å². The van der Waals surface area contributed by atoms with E-state index in [0.717, 1.165) is 12.2 Å². The van der Waals surface area contributed by atoms with Gasteiger partial charge in [0.25, 0.3) is 0 Å². The van der Waals surface area contributed by atoms with E-state index in [-0.39, 0.29) is 5.76 Å². The van der Waals surface area contributed by atoms with E-state index in [1.165, 1.54) is 27.7 Å². The molecule has 2 heteroatoms. The van der Waals surface area contributed by atoms with Gasteiger partial charge in [0.2, 0.25) is 0 Å².